The topological polar surface area (TPSA) is 79.7 Å². The van der Waals surface area contributed by atoms with Crippen LogP contribution in [0, 0.1) is 5.41 Å². The number of halogens is 3. The van der Waals surface area contributed by atoms with E-state index in [1.165, 1.54) is 18.3 Å². The zero-order chi connectivity index (χ0) is 20.4. The van der Waals surface area contributed by atoms with Crippen molar-refractivity contribution in [1.29, 1.82) is 0 Å². The van der Waals surface area contributed by atoms with Crippen molar-refractivity contribution in [2.24, 2.45) is 5.41 Å². The number of hydrogen-bond donors (Lipinski definition) is 1. The van der Waals surface area contributed by atoms with Gasteiger partial charge in [-0.1, -0.05) is 30.3 Å². The van der Waals surface area contributed by atoms with E-state index in [9.17, 15) is 22.8 Å². The minimum absolute atomic E-state index is 0.0652. The third kappa shape index (κ3) is 3.78. The molecule has 1 N–H and O–H groups in total. The van der Waals surface area contributed by atoms with Crippen molar-refractivity contribution in [3.8, 4) is 5.88 Å². The molecular weight excluding hydrogens is 377 g/mol. The van der Waals surface area contributed by atoms with Gasteiger partial charge in [0.15, 0.2) is 5.41 Å². The van der Waals surface area contributed by atoms with Crippen LogP contribution in [-0.4, -0.2) is 46.1 Å². The second-order valence-corrected chi connectivity index (χ2v) is 6.52. The molecule has 1 aliphatic rings. The molecule has 0 bridgehead atoms. The molecule has 6 nitrogen and oxygen atoms in total. The maximum absolute atomic E-state index is 13.2. The number of alkyl halides is 3. The number of hydrogen-bond acceptors (Lipinski definition) is 4. The van der Waals surface area contributed by atoms with E-state index in [2.05, 4.69) is 4.98 Å². The van der Waals surface area contributed by atoms with Crippen LogP contribution in [-0.2, 0) is 11.4 Å². The normalized spacial score (nSPS) is 19.5. The zero-order valence-corrected chi connectivity index (χ0v) is 14.6. The fourth-order valence-electron chi connectivity index (χ4n) is 3.02. The number of aliphatic carboxylic acids is 1. The van der Waals surface area contributed by atoms with E-state index in [-0.39, 0.29) is 24.6 Å². The van der Waals surface area contributed by atoms with Gasteiger partial charge in [0.2, 0.25) is 5.88 Å². The van der Waals surface area contributed by atoms with Crippen molar-refractivity contribution in [3.05, 3.63) is 59.8 Å². The number of carbonyl (C=O) groups excluding carboxylic acids is 1. The van der Waals surface area contributed by atoms with E-state index in [0.717, 1.165) is 10.5 Å². The first-order valence-corrected chi connectivity index (χ1v) is 8.45. The van der Waals surface area contributed by atoms with Gasteiger partial charge in [0.1, 0.15) is 6.61 Å². The quantitative estimate of drug-likeness (QED) is 0.843. The van der Waals surface area contributed by atoms with Gasteiger partial charge >= 0.3 is 12.1 Å². The Morgan fingerprint density at radius 2 is 1.89 bits per heavy atom. The summed E-state index contributed by atoms with van der Waals surface area (Å²) in [7, 11) is 0. The van der Waals surface area contributed by atoms with Gasteiger partial charge in [-0.05, 0) is 18.1 Å². The number of aromatic nitrogens is 1. The molecule has 0 radical (unpaired) electrons. The summed E-state index contributed by atoms with van der Waals surface area (Å²) in [5, 5.41) is 9.07. The van der Waals surface area contributed by atoms with Gasteiger partial charge in [0, 0.05) is 25.4 Å². The van der Waals surface area contributed by atoms with E-state index >= 15 is 0 Å². The van der Waals surface area contributed by atoms with Crippen LogP contribution >= 0.6 is 0 Å². The fraction of sp³-hybridized carbons (Fsp3) is 0.316. The van der Waals surface area contributed by atoms with Crippen LogP contribution in [0.15, 0.2) is 48.7 Å². The molecule has 1 fully saturated rings. The van der Waals surface area contributed by atoms with Crippen molar-refractivity contribution in [2.75, 3.05) is 13.1 Å². The van der Waals surface area contributed by atoms with Crippen molar-refractivity contribution < 1.29 is 32.6 Å². The van der Waals surface area contributed by atoms with E-state index < -0.39 is 36.4 Å². The number of likely N-dealkylation sites (tertiary alicyclic amines) is 1. The molecule has 1 aliphatic heterocycles. The first kappa shape index (κ1) is 19.7. The lowest BCUT2D eigenvalue weighted by Crippen LogP contribution is -2.47. The molecule has 148 valence electrons. The summed E-state index contributed by atoms with van der Waals surface area (Å²) in [6.45, 7) is -0.937. The van der Waals surface area contributed by atoms with Crippen LogP contribution in [0.25, 0.3) is 0 Å². The van der Waals surface area contributed by atoms with Gasteiger partial charge in [0.05, 0.1) is 5.56 Å². The van der Waals surface area contributed by atoms with Crippen LogP contribution in [0.1, 0.15) is 22.3 Å². The number of ether oxygens (including phenoxy) is 1. The first-order chi connectivity index (χ1) is 13.2. The average molecular weight is 394 g/mol. The van der Waals surface area contributed by atoms with Crippen LogP contribution in [0.2, 0.25) is 0 Å². The first-order valence-electron chi connectivity index (χ1n) is 8.45. The highest BCUT2D eigenvalue weighted by atomic mass is 19.4. The summed E-state index contributed by atoms with van der Waals surface area (Å²) in [5.74, 6) is -2.41. The summed E-state index contributed by atoms with van der Waals surface area (Å²) >= 11 is 0. The lowest BCUT2D eigenvalue weighted by atomic mass is 9.86. The maximum Gasteiger partial charge on any atom is 0.406 e. The van der Waals surface area contributed by atoms with E-state index in [4.69, 9.17) is 9.84 Å². The third-order valence-electron chi connectivity index (χ3n) is 4.72. The molecule has 1 aromatic carbocycles. The molecular formula is C19H17F3N2O4. The predicted molar refractivity (Wildman–Crippen MR) is 91.7 cm³/mol. The maximum atomic E-state index is 13.2. The van der Waals surface area contributed by atoms with Crippen molar-refractivity contribution in [2.45, 2.75) is 19.2 Å². The average Bonchev–Trinajstić information content (AvgIpc) is 3.14. The molecule has 0 aliphatic carbocycles. The Morgan fingerprint density at radius 1 is 1.18 bits per heavy atom. The molecule has 28 heavy (non-hydrogen) atoms. The smallest absolute Gasteiger partial charge is 0.406 e. The lowest BCUT2D eigenvalue weighted by Gasteiger charge is -2.27. The molecule has 1 saturated heterocycles. The minimum atomic E-state index is -4.94. The molecule has 9 heteroatoms. The molecule has 1 aromatic heterocycles. The Balaban J connectivity index is 1.66. The standard InChI is InChI=1S/C19H17F3N2O4/c20-19(21,22)18(17(26)27)8-9-24(12-18)16(25)14-6-7-15(23-10-14)28-11-13-4-2-1-3-5-13/h1-7,10H,8-9,11-12H2,(H,26,27). The van der Waals surface area contributed by atoms with Gasteiger partial charge in [0.25, 0.3) is 5.91 Å². The van der Waals surface area contributed by atoms with Gasteiger partial charge in [-0.3, -0.25) is 9.59 Å². The zero-order valence-electron chi connectivity index (χ0n) is 14.6. The molecule has 0 spiro atoms. The largest absolute Gasteiger partial charge is 0.481 e. The van der Waals surface area contributed by atoms with E-state index in [0.29, 0.717) is 0 Å². The summed E-state index contributed by atoms with van der Waals surface area (Å²) in [6.07, 6.45) is -4.42. The van der Waals surface area contributed by atoms with Crippen LogP contribution in [0.4, 0.5) is 13.2 Å². The highest BCUT2D eigenvalue weighted by Crippen LogP contribution is 2.46. The molecule has 1 unspecified atom stereocenters. The predicted octanol–water partition coefficient (Wildman–Crippen LogP) is 3.14. The Kier molecular flexibility index (Phi) is 5.26. The van der Waals surface area contributed by atoms with Crippen LogP contribution < -0.4 is 4.74 Å². The van der Waals surface area contributed by atoms with Crippen molar-refractivity contribution in [1.82, 2.24) is 9.88 Å². The number of rotatable bonds is 5. The second-order valence-electron chi connectivity index (χ2n) is 6.52. The second kappa shape index (κ2) is 7.49. The number of pyridine rings is 1. The van der Waals surface area contributed by atoms with E-state index in [1.807, 2.05) is 30.3 Å². The van der Waals surface area contributed by atoms with Crippen LogP contribution in [0.5, 0.6) is 5.88 Å². The van der Waals surface area contributed by atoms with Gasteiger partial charge in [-0.2, -0.15) is 13.2 Å². The summed E-state index contributed by atoms with van der Waals surface area (Å²) in [6, 6.07) is 12.2. The number of nitrogens with zero attached hydrogens (tertiary/aromatic N) is 2. The fourth-order valence-corrected chi connectivity index (χ4v) is 3.02. The summed E-state index contributed by atoms with van der Waals surface area (Å²) in [4.78, 5) is 28.6. The molecule has 2 heterocycles. The monoisotopic (exact) mass is 394 g/mol. The van der Waals surface area contributed by atoms with Gasteiger partial charge < -0.3 is 14.7 Å². The highest BCUT2D eigenvalue weighted by Gasteiger charge is 2.64. The Labute approximate surface area is 158 Å². The molecule has 0 saturated carbocycles. The highest BCUT2D eigenvalue weighted by molar-refractivity contribution is 5.95. The van der Waals surface area contributed by atoms with Crippen molar-refractivity contribution in [3.63, 3.8) is 0 Å². The number of amides is 1. The third-order valence-corrected chi connectivity index (χ3v) is 4.72. The number of carboxylic acids is 1. The SMILES string of the molecule is O=C(c1ccc(OCc2ccccc2)nc1)N1CCC(C(=O)O)(C(F)(F)F)C1. The van der Waals surface area contributed by atoms with Crippen molar-refractivity contribution >= 4 is 11.9 Å². The number of carboxylic acid groups (broad SMARTS) is 1. The minimum Gasteiger partial charge on any atom is -0.481 e. The van der Waals surface area contributed by atoms with Gasteiger partial charge in [-0.15, -0.1) is 0 Å². The molecule has 3 rings (SSSR count). The molecule has 1 atom stereocenters. The lowest BCUT2D eigenvalue weighted by molar-refractivity contribution is -0.227. The van der Waals surface area contributed by atoms with E-state index in [1.54, 1.807) is 0 Å². The summed E-state index contributed by atoms with van der Waals surface area (Å²) < 4.78 is 45.2. The van der Waals surface area contributed by atoms with Gasteiger partial charge in [-0.25, -0.2) is 4.98 Å². The molecule has 2 aromatic rings. The Bertz CT molecular complexity index is 856. The number of benzene rings is 1. The van der Waals surface area contributed by atoms with Crippen LogP contribution in [0.3, 0.4) is 0 Å². The number of carbonyl (C=O) groups is 2. The molecule has 1 amide bonds. The Morgan fingerprint density at radius 3 is 2.43 bits per heavy atom. The Hall–Kier alpha value is -3.10. The summed E-state index contributed by atoms with van der Waals surface area (Å²) in [5.41, 5.74) is -1.94.